The first-order valence-electron chi connectivity index (χ1n) is 5.48. The standard InChI is InChI=1S/C13H14N2O2/c1-9(2)15-13(16)12-11(14-8-17-12)10-6-4-3-5-7-10/h3-9H,1-2H3,(H,15,16). The van der Waals surface area contributed by atoms with E-state index in [2.05, 4.69) is 10.3 Å². The Morgan fingerprint density at radius 3 is 2.65 bits per heavy atom. The number of carbonyl (C=O) groups excluding carboxylic acids is 1. The number of aromatic nitrogens is 1. The summed E-state index contributed by atoms with van der Waals surface area (Å²) in [7, 11) is 0. The Morgan fingerprint density at radius 1 is 1.29 bits per heavy atom. The van der Waals surface area contributed by atoms with Gasteiger partial charge >= 0.3 is 0 Å². The molecule has 17 heavy (non-hydrogen) atoms. The fourth-order valence-electron chi connectivity index (χ4n) is 1.54. The Balaban J connectivity index is 2.32. The van der Waals surface area contributed by atoms with E-state index in [9.17, 15) is 4.79 Å². The second-order valence-corrected chi connectivity index (χ2v) is 4.02. The van der Waals surface area contributed by atoms with Crippen LogP contribution in [-0.2, 0) is 0 Å². The molecule has 1 N–H and O–H groups in total. The van der Waals surface area contributed by atoms with Gasteiger partial charge in [-0.2, -0.15) is 0 Å². The molecule has 0 aliphatic carbocycles. The molecule has 0 unspecified atom stereocenters. The summed E-state index contributed by atoms with van der Waals surface area (Å²) in [5, 5.41) is 2.78. The van der Waals surface area contributed by atoms with Crippen molar-refractivity contribution in [2.24, 2.45) is 0 Å². The first-order valence-corrected chi connectivity index (χ1v) is 5.48. The molecule has 88 valence electrons. The van der Waals surface area contributed by atoms with Crippen molar-refractivity contribution in [2.45, 2.75) is 19.9 Å². The highest BCUT2D eigenvalue weighted by Gasteiger charge is 2.18. The lowest BCUT2D eigenvalue weighted by atomic mass is 10.1. The third-order valence-electron chi connectivity index (χ3n) is 2.24. The normalized spacial score (nSPS) is 10.5. The van der Waals surface area contributed by atoms with E-state index in [1.165, 1.54) is 6.39 Å². The summed E-state index contributed by atoms with van der Waals surface area (Å²) in [6.07, 6.45) is 1.29. The zero-order valence-corrected chi connectivity index (χ0v) is 9.81. The van der Waals surface area contributed by atoms with Crippen molar-refractivity contribution < 1.29 is 9.21 Å². The number of nitrogens with zero attached hydrogens (tertiary/aromatic N) is 1. The molecule has 0 radical (unpaired) electrons. The van der Waals surface area contributed by atoms with E-state index in [4.69, 9.17) is 4.42 Å². The zero-order valence-electron chi connectivity index (χ0n) is 9.81. The average Bonchev–Trinajstić information content (AvgIpc) is 2.78. The molecule has 4 nitrogen and oxygen atoms in total. The van der Waals surface area contributed by atoms with Crippen molar-refractivity contribution in [2.75, 3.05) is 0 Å². The minimum absolute atomic E-state index is 0.0659. The Bertz CT molecular complexity index is 503. The molecule has 4 heteroatoms. The maximum atomic E-state index is 11.9. The lowest BCUT2D eigenvalue weighted by molar-refractivity contribution is 0.0916. The van der Waals surface area contributed by atoms with Gasteiger partial charge in [-0.15, -0.1) is 0 Å². The lowest BCUT2D eigenvalue weighted by Crippen LogP contribution is -2.30. The molecule has 0 spiro atoms. The fourth-order valence-corrected chi connectivity index (χ4v) is 1.54. The van der Waals surface area contributed by atoms with Gasteiger partial charge in [0, 0.05) is 11.6 Å². The fraction of sp³-hybridized carbons (Fsp3) is 0.231. The summed E-state index contributed by atoms with van der Waals surface area (Å²) in [6.45, 7) is 3.80. The minimum atomic E-state index is -0.239. The molecule has 0 fully saturated rings. The van der Waals surface area contributed by atoms with Crippen molar-refractivity contribution >= 4 is 5.91 Å². The Hall–Kier alpha value is -2.10. The maximum Gasteiger partial charge on any atom is 0.289 e. The predicted molar refractivity (Wildman–Crippen MR) is 64.5 cm³/mol. The average molecular weight is 230 g/mol. The number of rotatable bonds is 3. The molecule has 0 aliphatic heterocycles. The molecular weight excluding hydrogens is 216 g/mol. The predicted octanol–water partition coefficient (Wildman–Crippen LogP) is 2.48. The van der Waals surface area contributed by atoms with E-state index in [0.717, 1.165) is 5.56 Å². The Kier molecular flexibility index (Phi) is 3.23. The summed E-state index contributed by atoms with van der Waals surface area (Å²) in [6, 6.07) is 9.56. The zero-order chi connectivity index (χ0) is 12.3. The largest absolute Gasteiger partial charge is 0.438 e. The van der Waals surface area contributed by atoms with Gasteiger partial charge in [-0.3, -0.25) is 4.79 Å². The molecule has 2 rings (SSSR count). The SMILES string of the molecule is CC(C)NC(=O)c1ocnc1-c1ccccc1. The van der Waals surface area contributed by atoms with E-state index in [0.29, 0.717) is 5.69 Å². The van der Waals surface area contributed by atoms with Gasteiger partial charge in [0.05, 0.1) is 0 Å². The summed E-state index contributed by atoms with van der Waals surface area (Å²) in [5.74, 6) is 0.0150. The molecule has 1 heterocycles. The first kappa shape index (κ1) is 11.4. The second kappa shape index (κ2) is 4.82. The molecule has 0 saturated carbocycles. The maximum absolute atomic E-state index is 11.9. The quantitative estimate of drug-likeness (QED) is 0.881. The van der Waals surface area contributed by atoms with Crippen molar-refractivity contribution in [3.63, 3.8) is 0 Å². The number of amides is 1. The van der Waals surface area contributed by atoms with Gasteiger partial charge in [0.2, 0.25) is 5.76 Å². The van der Waals surface area contributed by atoms with Crippen LogP contribution < -0.4 is 5.32 Å². The Morgan fingerprint density at radius 2 is 2.00 bits per heavy atom. The highest BCUT2D eigenvalue weighted by Crippen LogP contribution is 2.21. The molecule has 0 saturated heterocycles. The van der Waals surface area contributed by atoms with Gasteiger partial charge in [0.1, 0.15) is 5.69 Å². The Labute approximate surface area is 99.7 Å². The van der Waals surface area contributed by atoms with Crippen molar-refractivity contribution in [3.05, 3.63) is 42.5 Å². The third-order valence-corrected chi connectivity index (χ3v) is 2.24. The summed E-state index contributed by atoms with van der Waals surface area (Å²) >= 11 is 0. The van der Waals surface area contributed by atoms with Crippen LogP contribution in [0, 0.1) is 0 Å². The number of benzene rings is 1. The number of oxazole rings is 1. The van der Waals surface area contributed by atoms with Gasteiger partial charge in [-0.25, -0.2) is 4.98 Å². The minimum Gasteiger partial charge on any atom is -0.438 e. The summed E-state index contributed by atoms with van der Waals surface area (Å²) in [5.41, 5.74) is 1.44. The molecular formula is C13H14N2O2. The van der Waals surface area contributed by atoms with Crippen LogP contribution in [-0.4, -0.2) is 16.9 Å². The van der Waals surface area contributed by atoms with Gasteiger partial charge in [0.15, 0.2) is 6.39 Å². The van der Waals surface area contributed by atoms with Crippen LogP contribution >= 0.6 is 0 Å². The number of hydrogen-bond donors (Lipinski definition) is 1. The molecule has 1 aromatic carbocycles. The summed E-state index contributed by atoms with van der Waals surface area (Å²) < 4.78 is 5.16. The van der Waals surface area contributed by atoms with E-state index in [-0.39, 0.29) is 17.7 Å². The monoisotopic (exact) mass is 230 g/mol. The first-order chi connectivity index (χ1) is 8.18. The van der Waals surface area contributed by atoms with Crippen LogP contribution in [0.25, 0.3) is 11.3 Å². The van der Waals surface area contributed by atoms with Crippen LogP contribution in [0.2, 0.25) is 0 Å². The van der Waals surface area contributed by atoms with E-state index >= 15 is 0 Å². The molecule has 2 aromatic rings. The van der Waals surface area contributed by atoms with Crippen LogP contribution in [0.1, 0.15) is 24.4 Å². The highest BCUT2D eigenvalue weighted by atomic mass is 16.3. The number of hydrogen-bond acceptors (Lipinski definition) is 3. The van der Waals surface area contributed by atoms with Gasteiger partial charge < -0.3 is 9.73 Å². The number of nitrogens with one attached hydrogen (secondary N) is 1. The van der Waals surface area contributed by atoms with E-state index in [1.807, 2.05) is 44.2 Å². The molecule has 0 bridgehead atoms. The van der Waals surface area contributed by atoms with Crippen LogP contribution in [0.15, 0.2) is 41.1 Å². The molecule has 1 aromatic heterocycles. The molecule has 0 aliphatic rings. The van der Waals surface area contributed by atoms with E-state index < -0.39 is 0 Å². The second-order valence-electron chi connectivity index (χ2n) is 4.02. The third kappa shape index (κ3) is 2.53. The summed E-state index contributed by atoms with van der Waals surface area (Å²) in [4.78, 5) is 16.0. The molecule has 1 amide bonds. The van der Waals surface area contributed by atoms with Crippen molar-refractivity contribution in [1.82, 2.24) is 10.3 Å². The lowest BCUT2D eigenvalue weighted by Gasteiger charge is -2.06. The van der Waals surface area contributed by atoms with Crippen molar-refractivity contribution in [1.29, 1.82) is 0 Å². The van der Waals surface area contributed by atoms with Crippen molar-refractivity contribution in [3.8, 4) is 11.3 Å². The van der Waals surface area contributed by atoms with Crippen LogP contribution in [0.3, 0.4) is 0 Å². The highest BCUT2D eigenvalue weighted by molar-refractivity contribution is 5.97. The van der Waals surface area contributed by atoms with Crippen LogP contribution in [0.5, 0.6) is 0 Å². The topological polar surface area (TPSA) is 55.1 Å². The van der Waals surface area contributed by atoms with Gasteiger partial charge in [-0.1, -0.05) is 30.3 Å². The van der Waals surface area contributed by atoms with E-state index in [1.54, 1.807) is 0 Å². The van der Waals surface area contributed by atoms with Gasteiger partial charge in [0.25, 0.3) is 5.91 Å². The molecule has 0 atom stereocenters. The smallest absolute Gasteiger partial charge is 0.289 e. The number of carbonyl (C=O) groups is 1. The van der Waals surface area contributed by atoms with Gasteiger partial charge in [-0.05, 0) is 13.8 Å². The van der Waals surface area contributed by atoms with Crippen LogP contribution in [0.4, 0.5) is 0 Å².